The van der Waals surface area contributed by atoms with Gasteiger partial charge in [-0.05, 0) is 33.1 Å². The first-order valence-electron chi connectivity index (χ1n) is 5.33. The van der Waals surface area contributed by atoms with Crippen LogP contribution in [0.15, 0.2) is 0 Å². The smallest absolute Gasteiger partial charge is 0.320 e. The second kappa shape index (κ2) is 8.64. The quantitative estimate of drug-likeness (QED) is 0.565. The van der Waals surface area contributed by atoms with E-state index in [9.17, 15) is 4.79 Å². The molecule has 0 bridgehead atoms. The van der Waals surface area contributed by atoms with E-state index >= 15 is 0 Å². The first-order chi connectivity index (χ1) is 7.11. The van der Waals surface area contributed by atoms with Crippen LogP contribution >= 0.6 is 0 Å². The summed E-state index contributed by atoms with van der Waals surface area (Å²) in [4.78, 5) is 10.4. The van der Waals surface area contributed by atoms with E-state index in [1.165, 1.54) is 0 Å². The summed E-state index contributed by atoms with van der Waals surface area (Å²) in [5.74, 6) is -0.959. The van der Waals surface area contributed by atoms with Gasteiger partial charge in [0, 0.05) is 13.2 Å². The average molecular weight is 219 g/mol. The zero-order chi connectivity index (χ0) is 11.7. The number of carboxylic acid groups (broad SMARTS) is 1. The number of nitrogens with two attached hydrogens (primary N) is 1. The molecule has 0 aromatic heterocycles. The Morgan fingerprint density at radius 2 is 1.80 bits per heavy atom. The second-order valence-corrected chi connectivity index (χ2v) is 3.22. The van der Waals surface area contributed by atoms with Crippen LogP contribution in [0.4, 0.5) is 0 Å². The van der Waals surface area contributed by atoms with Gasteiger partial charge in [0.1, 0.15) is 6.04 Å². The largest absolute Gasteiger partial charge is 0.480 e. The third kappa shape index (κ3) is 7.30. The summed E-state index contributed by atoms with van der Waals surface area (Å²) in [5, 5.41) is 8.57. The van der Waals surface area contributed by atoms with Crippen molar-refractivity contribution in [2.24, 2.45) is 5.73 Å². The molecular weight excluding hydrogens is 198 g/mol. The summed E-state index contributed by atoms with van der Waals surface area (Å²) < 4.78 is 10.6. The molecule has 3 N–H and O–H groups in total. The molecule has 0 rings (SSSR count). The van der Waals surface area contributed by atoms with Crippen molar-refractivity contribution in [2.45, 2.75) is 45.4 Å². The minimum absolute atomic E-state index is 0.235. The SMILES string of the molecule is CCOC(CCC[C@H](N)C(=O)O)OCC. The van der Waals surface area contributed by atoms with E-state index in [1.807, 2.05) is 13.8 Å². The highest BCUT2D eigenvalue weighted by molar-refractivity contribution is 5.72. The molecule has 0 heterocycles. The van der Waals surface area contributed by atoms with Crippen LogP contribution in [0.1, 0.15) is 33.1 Å². The Morgan fingerprint density at radius 1 is 1.27 bits per heavy atom. The number of carbonyl (C=O) groups is 1. The molecule has 0 unspecified atom stereocenters. The molecule has 0 aliphatic heterocycles. The summed E-state index contributed by atoms with van der Waals surface area (Å²) in [6.07, 6.45) is 1.59. The first-order valence-corrected chi connectivity index (χ1v) is 5.33. The van der Waals surface area contributed by atoms with Gasteiger partial charge >= 0.3 is 5.97 Å². The molecule has 90 valence electrons. The summed E-state index contributed by atoms with van der Waals surface area (Å²) in [6, 6.07) is -0.783. The number of aliphatic carboxylic acids is 1. The number of hydrogen-bond donors (Lipinski definition) is 2. The highest BCUT2D eigenvalue weighted by Crippen LogP contribution is 2.08. The fraction of sp³-hybridized carbons (Fsp3) is 0.900. The molecule has 5 nitrogen and oxygen atoms in total. The summed E-state index contributed by atoms with van der Waals surface area (Å²) in [6.45, 7) is 4.98. The van der Waals surface area contributed by atoms with Crippen molar-refractivity contribution in [1.82, 2.24) is 0 Å². The van der Waals surface area contributed by atoms with E-state index in [1.54, 1.807) is 0 Å². The Labute approximate surface area is 90.5 Å². The van der Waals surface area contributed by atoms with E-state index in [4.69, 9.17) is 20.3 Å². The van der Waals surface area contributed by atoms with Gasteiger partial charge in [-0.1, -0.05) is 0 Å². The maximum atomic E-state index is 10.4. The van der Waals surface area contributed by atoms with Crippen molar-refractivity contribution >= 4 is 5.97 Å². The van der Waals surface area contributed by atoms with Crippen molar-refractivity contribution in [1.29, 1.82) is 0 Å². The fourth-order valence-corrected chi connectivity index (χ4v) is 1.21. The van der Waals surface area contributed by atoms with E-state index in [2.05, 4.69) is 0 Å². The van der Waals surface area contributed by atoms with Gasteiger partial charge in [0.2, 0.25) is 0 Å². The lowest BCUT2D eigenvalue weighted by Gasteiger charge is -2.17. The van der Waals surface area contributed by atoms with E-state index in [0.29, 0.717) is 32.5 Å². The van der Waals surface area contributed by atoms with Crippen molar-refractivity contribution < 1.29 is 19.4 Å². The van der Waals surface area contributed by atoms with Crippen LogP contribution in [-0.2, 0) is 14.3 Å². The minimum Gasteiger partial charge on any atom is -0.480 e. The molecule has 0 aromatic rings. The standard InChI is InChI=1S/C10H21NO4/c1-3-14-9(15-4-2)7-5-6-8(11)10(12)13/h8-9H,3-7,11H2,1-2H3,(H,12,13)/t8-/m0/s1. The topological polar surface area (TPSA) is 81.8 Å². The lowest BCUT2D eigenvalue weighted by molar-refractivity contribution is -0.143. The van der Waals surface area contributed by atoms with Crippen molar-refractivity contribution in [2.75, 3.05) is 13.2 Å². The lowest BCUT2D eigenvalue weighted by atomic mass is 10.1. The van der Waals surface area contributed by atoms with E-state index in [-0.39, 0.29) is 6.29 Å². The van der Waals surface area contributed by atoms with Gasteiger partial charge in [-0.25, -0.2) is 0 Å². The molecule has 0 aliphatic rings. The van der Waals surface area contributed by atoms with Crippen molar-refractivity contribution in [3.63, 3.8) is 0 Å². The lowest BCUT2D eigenvalue weighted by Crippen LogP contribution is -2.30. The third-order valence-electron chi connectivity index (χ3n) is 1.98. The molecule has 0 amide bonds. The zero-order valence-corrected chi connectivity index (χ0v) is 9.44. The molecule has 0 aromatic carbocycles. The van der Waals surface area contributed by atoms with Crippen LogP contribution < -0.4 is 5.73 Å². The number of hydrogen-bond acceptors (Lipinski definition) is 4. The third-order valence-corrected chi connectivity index (χ3v) is 1.98. The van der Waals surface area contributed by atoms with Crippen molar-refractivity contribution in [3.8, 4) is 0 Å². The van der Waals surface area contributed by atoms with Crippen LogP contribution in [0, 0.1) is 0 Å². The van der Waals surface area contributed by atoms with Crippen LogP contribution in [0.3, 0.4) is 0 Å². The molecule has 0 saturated carbocycles. The van der Waals surface area contributed by atoms with Crippen LogP contribution in [0.25, 0.3) is 0 Å². The predicted molar refractivity (Wildman–Crippen MR) is 56.5 cm³/mol. The number of rotatable bonds is 9. The second-order valence-electron chi connectivity index (χ2n) is 3.22. The molecule has 15 heavy (non-hydrogen) atoms. The fourth-order valence-electron chi connectivity index (χ4n) is 1.21. The normalized spacial score (nSPS) is 13.1. The number of carboxylic acids is 1. The van der Waals surface area contributed by atoms with Crippen LogP contribution in [0.2, 0.25) is 0 Å². The monoisotopic (exact) mass is 219 g/mol. The van der Waals surface area contributed by atoms with Gasteiger partial charge in [0.05, 0.1) is 0 Å². The molecule has 0 aliphatic carbocycles. The van der Waals surface area contributed by atoms with Crippen LogP contribution in [-0.4, -0.2) is 36.6 Å². The Bertz CT molecular complexity index is 169. The molecule has 5 heteroatoms. The molecule has 0 fully saturated rings. The van der Waals surface area contributed by atoms with Gasteiger partial charge in [0.15, 0.2) is 6.29 Å². The Kier molecular flexibility index (Phi) is 8.27. The zero-order valence-electron chi connectivity index (χ0n) is 9.44. The van der Waals surface area contributed by atoms with Gasteiger partial charge in [-0.3, -0.25) is 4.79 Å². The summed E-state index contributed by atoms with van der Waals surface area (Å²) in [7, 11) is 0. The summed E-state index contributed by atoms with van der Waals surface area (Å²) >= 11 is 0. The molecular formula is C10H21NO4. The highest BCUT2D eigenvalue weighted by atomic mass is 16.7. The molecule has 1 atom stereocenters. The molecule has 0 spiro atoms. The predicted octanol–water partition coefficient (Wildman–Crippen LogP) is 0.968. The minimum atomic E-state index is -0.959. The molecule has 0 radical (unpaired) electrons. The van der Waals surface area contributed by atoms with Gasteiger partial charge in [-0.2, -0.15) is 0 Å². The molecule has 0 saturated heterocycles. The van der Waals surface area contributed by atoms with Crippen molar-refractivity contribution in [3.05, 3.63) is 0 Å². The Morgan fingerprint density at radius 3 is 2.20 bits per heavy atom. The van der Waals surface area contributed by atoms with E-state index in [0.717, 1.165) is 0 Å². The highest BCUT2D eigenvalue weighted by Gasteiger charge is 2.13. The number of ether oxygens (including phenoxy) is 2. The van der Waals surface area contributed by atoms with E-state index < -0.39 is 12.0 Å². The average Bonchev–Trinajstić information content (AvgIpc) is 2.18. The Hall–Kier alpha value is -0.650. The van der Waals surface area contributed by atoms with Crippen LogP contribution in [0.5, 0.6) is 0 Å². The Balaban J connectivity index is 3.64. The maximum Gasteiger partial charge on any atom is 0.320 e. The summed E-state index contributed by atoms with van der Waals surface area (Å²) in [5.41, 5.74) is 5.37. The first kappa shape index (κ1) is 14.3. The maximum absolute atomic E-state index is 10.4. The van der Waals surface area contributed by atoms with Gasteiger partial charge < -0.3 is 20.3 Å². The van der Waals surface area contributed by atoms with Gasteiger partial charge in [0.25, 0.3) is 0 Å². The van der Waals surface area contributed by atoms with Gasteiger partial charge in [-0.15, -0.1) is 0 Å².